The average molecular weight is 650 g/mol. The Kier molecular flexibility index (Phi) is 9.32. The molecular weight excluding hydrogens is 627 g/mol. The molecule has 6 aromatic rings. The van der Waals surface area contributed by atoms with Crippen molar-refractivity contribution in [3.05, 3.63) is 151 Å². The molecule has 0 radical (unpaired) electrons. The topological polar surface area (TPSA) is 116 Å². The molecule has 10 nitrogen and oxygen atoms in total. The van der Waals surface area contributed by atoms with Gasteiger partial charge >= 0.3 is 24.2 Å². The Morgan fingerprint density at radius 3 is 1.67 bits per heavy atom. The van der Waals surface area contributed by atoms with Gasteiger partial charge in [0.05, 0.1) is 14.1 Å². The van der Waals surface area contributed by atoms with Crippen molar-refractivity contribution >= 4 is 24.2 Å². The minimum absolute atomic E-state index is 0.0851. The Balaban J connectivity index is 1.62. The molecule has 0 aliphatic rings. The summed E-state index contributed by atoms with van der Waals surface area (Å²) in [5.41, 5.74) is 0.263. The van der Waals surface area contributed by atoms with Crippen molar-refractivity contribution in [2.75, 3.05) is 0 Å². The van der Waals surface area contributed by atoms with Gasteiger partial charge in [-0.15, -0.1) is 0 Å². The van der Waals surface area contributed by atoms with Gasteiger partial charge in [-0.25, -0.2) is 0 Å². The third-order valence-electron chi connectivity index (χ3n) is 5.90. The summed E-state index contributed by atoms with van der Waals surface area (Å²) in [5.74, 6) is 2.30. The number of rotatable bonds is 10. The SMILES string of the molecule is N#Cc1cccc(O[p+]2np(Oc3ccccc3)n(Oc3ccccc3)p(Oc3ccccc3)n2Oc2ccccc2)c1C#N. The van der Waals surface area contributed by atoms with Crippen LogP contribution >= 0.6 is 24.2 Å². The van der Waals surface area contributed by atoms with E-state index >= 15 is 0 Å². The van der Waals surface area contributed by atoms with Crippen LogP contribution in [0.15, 0.2) is 140 Å². The van der Waals surface area contributed by atoms with Crippen LogP contribution in [-0.2, 0) is 0 Å². The zero-order chi connectivity index (χ0) is 30.8. The molecule has 13 heteroatoms. The van der Waals surface area contributed by atoms with E-state index in [1.165, 1.54) is 4.26 Å². The summed E-state index contributed by atoms with van der Waals surface area (Å²) >= 11 is 0. The Hall–Kier alpha value is -5.62. The van der Waals surface area contributed by atoms with E-state index in [4.69, 9.17) is 27.8 Å². The maximum Gasteiger partial charge on any atom is 0.442 e. The summed E-state index contributed by atoms with van der Waals surface area (Å²) in [4.78, 5) is 12.9. The van der Waals surface area contributed by atoms with Gasteiger partial charge < -0.3 is 23.2 Å². The molecule has 1 heterocycles. The molecule has 0 bridgehead atoms. The minimum Gasteiger partial charge on any atom is -0.357 e. The van der Waals surface area contributed by atoms with E-state index in [9.17, 15) is 10.5 Å². The Labute approximate surface area is 262 Å². The van der Waals surface area contributed by atoms with Gasteiger partial charge in [0.15, 0.2) is 28.7 Å². The van der Waals surface area contributed by atoms with E-state index in [2.05, 4.69) is 12.1 Å². The molecule has 0 aliphatic carbocycles. The van der Waals surface area contributed by atoms with Crippen LogP contribution in [0.25, 0.3) is 0 Å². The molecule has 0 fully saturated rings. The molecule has 3 atom stereocenters. The first-order valence-electron chi connectivity index (χ1n) is 13.5. The molecule has 0 aliphatic heterocycles. The fraction of sp³-hybridized carbons (Fsp3) is 0. The second-order valence-electron chi connectivity index (χ2n) is 8.96. The molecular formula is C32H23N5O5P3+. The molecule has 0 saturated carbocycles. The van der Waals surface area contributed by atoms with Gasteiger partial charge in [-0.05, 0) is 60.7 Å². The van der Waals surface area contributed by atoms with E-state index in [0.29, 0.717) is 23.0 Å². The van der Waals surface area contributed by atoms with Crippen molar-refractivity contribution in [2.45, 2.75) is 0 Å². The standard InChI is InChI=1S/C32H23N5O5P3/c33-24-26-14-13-23-32(31(26)25-34)42-44-35-43(40-29-19-9-3-10-20-29)36(38-27-15-5-1-6-16-27)45(41-30-21-11-4-12-22-30)37(44)39-28-17-7-2-8-18-28/h1-23H/q+1. The Morgan fingerprint density at radius 2 is 1.11 bits per heavy atom. The van der Waals surface area contributed by atoms with Crippen LogP contribution in [0.5, 0.6) is 28.7 Å². The van der Waals surface area contributed by atoms with Crippen molar-refractivity contribution < 1.29 is 23.2 Å². The lowest BCUT2D eigenvalue weighted by Gasteiger charge is -2.16. The van der Waals surface area contributed by atoms with E-state index in [0.717, 1.165) is 0 Å². The Bertz CT molecular complexity index is 2010. The van der Waals surface area contributed by atoms with Crippen LogP contribution in [0.3, 0.4) is 0 Å². The van der Waals surface area contributed by atoms with E-state index in [-0.39, 0.29) is 16.9 Å². The number of para-hydroxylation sites is 4. The minimum atomic E-state index is -2.09. The lowest BCUT2D eigenvalue weighted by Crippen LogP contribution is -2.17. The molecule has 0 N–H and O–H groups in total. The summed E-state index contributed by atoms with van der Waals surface area (Å²) in [5, 5.41) is 19.6. The van der Waals surface area contributed by atoms with Crippen molar-refractivity contribution in [3.8, 4) is 40.9 Å². The molecule has 0 saturated heterocycles. The number of benzene rings is 5. The predicted octanol–water partition coefficient (Wildman–Crippen LogP) is 9.00. The maximum atomic E-state index is 9.94. The average Bonchev–Trinajstić information content (AvgIpc) is 3.09. The van der Waals surface area contributed by atoms with Crippen LogP contribution < -0.4 is 23.2 Å². The normalized spacial score (nSPS) is 11.4. The molecule has 45 heavy (non-hydrogen) atoms. The predicted molar refractivity (Wildman–Crippen MR) is 172 cm³/mol. The van der Waals surface area contributed by atoms with Crippen molar-refractivity contribution in [3.63, 3.8) is 0 Å². The largest absolute Gasteiger partial charge is 0.442 e. The third-order valence-corrected chi connectivity index (χ3v) is 11.6. The van der Waals surface area contributed by atoms with Crippen LogP contribution in [0.2, 0.25) is 0 Å². The van der Waals surface area contributed by atoms with Crippen molar-refractivity contribution in [1.82, 2.24) is 13.0 Å². The molecule has 1 aromatic heterocycles. The summed E-state index contributed by atoms with van der Waals surface area (Å²) in [6.45, 7) is 0. The van der Waals surface area contributed by atoms with Gasteiger partial charge in [0.1, 0.15) is 17.7 Å². The Morgan fingerprint density at radius 1 is 0.578 bits per heavy atom. The number of aromatic nitrogens is 3. The third kappa shape index (κ3) is 7.13. The van der Waals surface area contributed by atoms with Gasteiger partial charge in [0.25, 0.3) is 0 Å². The lowest BCUT2D eigenvalue weighted by atomic mass is 10.1. The molecule has 5 aromatic carbocycles. The number of hydrogen-bond donors (Lipinski definition) is 0. The zero-order valence-corrected chi connectivity index (χ0v) is 26.1. The monoisotopic (exact) mass is 650 g/mol. The van der Waals surface area contributed by atoms with Crippen molar-refractivity contribution in [1.29, 1.82) is 10.5 Å². The number of nitrogens with zero attached hydrogens (tertiary/aromatic N) is 5. The highest BCUT2D eigenvalue weighted by molar-refractivity contribution is 7.59. The zero-order valence-electron chi connectivity index (χ0n) is 23.4. The first-order chi connectivity index (χ1) is 22.2. The smallest absolute Gasteiger partial charge is 0.357 e. The van der Waals surface area contributed by atoms with Crippen LogP contribution in [0.1, 0.15) is 11.1 Å². The van der Waals surface area contributed by atoms with E-state index < -0.39 is 24.2 Å². The first kappa shape index (κ1) is 29.5. The quantitative estimate of drug-likeness (QED) is 0.144. The summed E-state index contributed by atoms with van der Waals surface area (Å²) in [7, 11) is -6.07. The molecule has 0 spiro atoms. The molecule has 3 unspecified atom stereocenters. The fourth-order valence-corrected chi connectivity index (χ4v) is 9.99. The summed E-state index contributed by atoms with van der Waals surface area (Å²) < 4.78 is 27.6. The van der Waals surface area contributed by atoms with Crippen LogP contribution in [0, 0.1) is 22.7 Å². The summed E-state index contributed by atoms with van der Waals surface area (Å²) in [6.07, 6.45) is 0. The summed E-state index contributed by atoms with van der Waals surface area (Å²) in [6, 6.07) is 45.8. The number of nitriles is 2. The van der Waals surface area contributed by atoms with Gasteiger partial charge in [-0.3, -0.25) is 0 Å². The van der Waals surface area contributed by atoms with Gasteiger partial charge in [-0.2, -0.15) is 10.5 Å². The highest BCUT2D eigenvalue weighted by Gasteiger charge is 2.35. The van der Waals surface area contributed by atoms with Crippen molar-refractivity contribution in [2.24, 2.45) is 0 Å². The van der Waals surface area contributed by atoms with Gasteiger partial charge in [-0.1, -0.05) is 78.9 Å². The highest BCUT2D eigenvalue weighted by atomic mass is 31.2. The second kappa shape index (κ2) is 14.2. The fourth-order valence-electron chi connectivity index (χ4n) is 3.85. The maximum absolute atomic E-state index is 9.94. The molecule has 220 valence electrons. The lowest BCUT2D eigenvalue weighted by molar-refractivity contribution is 0.228. The number of hydrogen-bond acceptors (Lipinski definition) is 8. The molecule has 6 rings (SSSR count). The van der Waals surface area contributed by atoms with Gasteiger partial charge in [0.2, 0.25) is 0 Å². The first-order valence-corrected chi connectivity index (χ1v) is 17.0. The molecule has 0 amide bonds. The highest BCUT2D eigenvalue weighted by Crippen LogP contribution is 2.48. The van der Waals surface area contributed by atoms with E-state index in [1.807, 2.05) is 109 Å². The van der Waals surface area contributed by atoms with Crippen LogP contribution in [-0.4, -0.2) is 13.0 Å². The van der Waals surface area contributed by atoms with Crippen LogP contribution in [0.4, 0.5) is 0 Å². The second-order valence-corrected chi connectivity index (χ2v) is 13.8. The van der Waals surface area contributed by atoms with E-state index in [1.54, 1.807) is 34.6 Å². The van der Waals surface area contributed by atoms with Gasteiger partial charge in [0, 0.05) is 4.51 Å².